The first-order valence-corrected chi connectivity index (χ1v) is 8.08. The second-order valence-electron chi connectivity index (χ2n) is 5.71. The van der Waals surface area contributed by atoms with Crippen LogP contribution in [0.1, 0.15) is 29.2 Å². The molecule has 0 aliphatic carbocycles. The quantitative estimate of drug-likeness (QED) is 0.831. The highest BCUT2D eigenvalue weighted by Crippen LogP contribution is 2.19. The lowest BCUT2D eigenvalue weighted by atomic mass is 10.2. The molecule has 2 nitrogen and oxygen atoms in total. The van der Waals surface area contributed by atoms with E-state index in [-0.39, 0.29) is 5.82 Å². The molecule has 2 rings (SSSR count). The van der Waals surface area contributed by atoms with Crippen molar-refractivity contribution >= 4 is 11.3 Å². The Hall–Kier alpha value is -1.23. The zero-order valence-corrected chi connectivity index (χ0v) is 13.7. The molecule has 0 amide bonds. The maximum absolute atomic E-state index is 13.2. The van der Waals surface area contributed by atoms with Crippen molar-refractivity contribution in [2.45, 2.75) is 39.5 Å². The van der Waals surface area contributed by atoms with Gasteiger partial charge >= 0.3 is 0 Å². The number of thiophene rings is 1. The summed E-state index contributed by atoms with van der Waals surface area (Å²) in [5.74, 6) is -0.168. The molecule has 0 atom stereocenters. The highest BCUT2D eigenvalue weighted by atomic mass is 32.1. The van der Waals surface area contributed by atoms with Crippen molar-refractivity contribution in [1.29, 1.82) is 0 Å². The second-order valence-corrected chi connectivity index (χ2v) is 6.96. The molecule has 4 heteroatoms. The fraction of sp³-hybridized carbons (Fsp3) is 0.412. The molecule has 1 N–H and O–H groups in total. The van der Waals surface area contributed by atoms with Crippen molar-refractivity contribution in [3.05, 3.63) is 57.5 Å². The van der Waals surface area contributed by atoms with Crippen LogP contribution in [0.15, 0.2) is 36.4 Å². The topological polar surface area (TPSA) is 15.3 Å². The smallest absolute Gasteiger partial charge is 0.123 e. The molecule has 1 aromatic carbocycles. The average molecular weight is 306 g/mol. The summed E-state index contributed by atoms with van der Waals surface area (Å²) < 4.78 is 13.2. The van der Waals surface area contributed by atoms with Crippen molar-refractivity contribution in [1.82, 2.24) is 10.2 Å². The predicted octanol–water partition coefficient (Wildman–Crippen LogP) is 4.02. The molecule has 0 unspecified atom stereocenters. The minimum Gasteiger partial charge on any atom is -0.310 e. The Balaban J connectivity index is 1.86. The summed E-state index contributed by atoms with van der Waals surface area (Å²) in [6, 6.07) is 11.7. The van der Waals surface area contributed by atoms with E-state index in [0.29, 0.717) is 6.04 Å². The largest absolute Gasteiger partial charge is 0.310 e. The first kappa shape index (κ1) is 16.1. The number of hydrogen-bond donors (Lipinski definition) is 1. The van der Waals surface area contributed by atoms with Crippen molar-refractivity contribution in [3.8, 4) is 0 Å². The van der Waals surface area contributed by atoms with E-state index in [2.05, 4.69) is 43.2 Å². The van der Waals surface area contributed by atoms with Crippen molar-refractivity contribution < 1.29 is 4.39 Å². The molecule has 0 saturated carbocycles. The predicted molar refractivity (Wildman–Crippen MR) is 87.9 cm³/mol. The van der Waals surface area contributed by atoms with Crippen LogP contribution in [-0.2, 0) is 19.6 Å². The number of nitrogens with zero attached hydrogens (tertiary/aromatic N) is 1. The average Bonchev–Trinajstić information content (AvgIpc) is 2.83. The fourth-order valence-electron chi connectivity index (χ4n) is 2.18. The van der Waals surface area contributed by atoms with E-state index in [4.69, 9.17) is 0 Å². The van der Waals surface area contributed by atoms with E-state index in [1.54, 1.807) is 12.1 Å². The van der Waals surface area contributed by atoms with Gasteiger partial charge in [0, 0.05) is 35.4 Å². The number of hydrogen-bond acceptors (Lipinski definition) is 3. The summed E-state index contributed by atoms with van der Waals surface area (Å²) in [7, 11) is 2.07. The standard InChI is InChI=1S/C17H23FN2S/c1-13(2)19-10-16-7-8-17(21-16)12-20(3)11-14-5-4-6-15(18)9-14/h4-9,13,19H,10-12H2,1-3H3. The van der Waals surface area contributed by atoms with Crippen LogP contribution in [0.3, 0.4) is 0 Å². The van der Waals surface area contributed by atoms with Gasteiger partial charge in [0.05, 0.1) is 0 Å². The van der Waals surface area contributed by atoms with Gasteiger partial charge in [-0.3, -0.25) is 4.90 Å². The van der Waals surface area contributed by atoms with Crippen molar-refractivity contribution in [2.24, 2.45) is 0 Å². The van der Waals surface area contributed by atoms with Crippen LogP contribution in [0.4, 0.5) is 4.39 Å². The lowest BCUT2D eigenvalue weighted by Crippen LogP contribution is -2.21. The molecular formula is C17H23FN2S. The molecule has 2 aromatic rings. The SMILES string of the molecule is CC(C)NCc1ccc(CN(C)Cc2cccc(F)c2)s1. The molecule has 114 valence electrons. The van der Waals surface area contributed by atoms with Gasteiger partial charge in [0.1, 0.15) is 5.82 Å². The Morgan fingerprint density at radius 3 is 2.62 bits per heavy atom. The van der Waals surface area contributed by atoms with Gasteiger partial charge in [0.2, 0.25) is 0 Å². The minimum atomic E-state index is -0.168. The van der Waals surface area contributed by atoms with Gasteiger partial charge in [-0.1, -0.05) is 26.0 Å². The lowest BCUT2D eigenvalue weighted by molar-refractivity contribution is 0.321. The summed E-state index contributed by atoms with van der Waals surface area (Å²) in [4.78, 5) is 4.91. The molecule has 0 radical (unpaired) electrons. The van der Waals surface area contributed by atoms with Gasteiger partial charge in [-0.2, -0.15) is 0 Å². The molecular weight excluding hydrogens is 283 g/mol. The summed E-state index contributed by atoms with van der Waals surface area (Å²) in [6.45, 7) is 6.89. The van der Waals surface area contributed by atoms with E-state index < -0.39 is 0 Å². The number of benzene rings is 1. The molecule has 0 aliphatic heterocycles. The molecule has 1 heterocycles. The zero-order chi connectivity index (χ0) is 15.2. The molecule has 0 saturated heterocycles. The Morgan fingerprint density at radius 1 is 1.14 bits per heavy atom. The van der Waals surface area contributed by atoms with E-state index in [0.717, 1.165) is 25.2 Å². The van der Waals surface area contributed by atoms with Gasteiger partial charge in [-0.05, 0) is 36.9 Å². The third kappa shape index (κ3) is 5.58. The van der Waals surface area contributed by atoms with E-state index in [9.17, 15) is 4.39 Å². The summed E-state index contributed by atoms with van der Waals surface area (Å²) in [6.07, 6.45) is 0. The molecule has 0 spiro atoms. The molecule has 0 bridgehead atoms. The summed E-state index contributed by atoms with van der Waals surface area (Å²) >= 11 is 1.84. The summed E-state index contributed by atoms with van der Waals surface area (Å²) in [5, 5.41) is 3.43. The van der Waals surface area contributed by atoms with Crippen LogP contribution >= 0.6 is 11.3 Å². The zero-order valence-electron chi connectivity index (χ0n) is 12.9. The number of nitrogens with one attached hydrogen (secondary N) is 1. The third-order valence-electron chi connectivity index (χ3n) is 3.17. The highest BCUT2D eigenvalue weighted by molar-refractivity contribution is 7.11. The Bertz CT molecular complexity index is 565. The Kier molecular flexibility index (Phi) is 5.91. The van der Waals surface area contributed by atoms with Crippen LogP contribution in [0, 0.1) is 5.82 Å². The highest BCUT2D eigenvalue weighted by Gasteiger charge is 2.06. The van der Waals surface area contributed by atoms with Crippen LogP contribution < -0.4 is 5.32 Å². The maximum Gasteiger partial charge on any atom is 0.123 e. The molecule has 21 heavy (non-hydrogen) atoms. The summed E-state index contributed by atoms with van der Waals surface area (Å²) in [5.41, 5.74) is 1.01. The monoisotopic (exact) mass is 306 g/mol. The minimum absolute atomic E-state index is 0.168. The lowest BCUT2D eigenvalue weighted by Gasteiger charge is -2.15. The van der Waals surface area contributed by atoms with Gasteiger partial charge in [-0.15, -0.1) is 11.3 Å². The van der Waals surface area contributed by atoms with E-state index in [1.165, 1.54) is 15.8 Å². The van der Waals surface area contributed by atoms with Gasteiger partial charge in [-0.25, -0.2) is 4.39 Å². The van der Waals surface area contributed by atoms with E-state index >= 15 is 0 Å². The van der Waals surface area contributed by atoms with Gasteiger partial charge in [0.15, 0.2) is 0 Å². The normalized spacial score (nSPS) is 11.5. The van der Waals surface area contributed by atoms with Crippen LogP contribution in [0.2, 0.25) is 0 Å². The fourth-order valence-corrected chi connectivity index (χ4v) is 3.23. The Labute approximate surface area is 130 Å². The van der Waals surface area contributed by atoms with Crippen LogP contribution in [-0.4, -0.2) is 18.0 Å². The molecule has 0 fully saturated rings. The van der Waals surface area contributed by atoms with Gasteiger partial charge in [0.25, 0.3) is 0 Å². The number of rotatable bonds is 7. The molecule has 1 aromatic heterocycles. The van der Waals surface area contributed by atoms with Crippen molar-refractivity contribution in [3.63, 3.8) is 0 Å². The second kappa shape index (κ2) is 7.69. The molecule has 0 aliphatic rings. The maximum atomic E-state index is 13.2. The first-order chi connectivity index (χ1) is 10.0. The Morgan fingerprint density at radius 2 is 1.90 bits per heavy atom. The van der Waals surface area contributed by atoms with Gasteiger partial charge < -0.3 is 5.32 Å². The van der Waals surface area contributed by atoms with Crippen LogP contribution in [0.25, 0.3) is 0 Å². The third-order valence-corrected chi connectivity index (χ3v) is 4.24. The van der Waals surface area contributed by atoms with Crippen LogP contribution in [0.5, 0.6) is 0 Å². The van der Waals surface area contributed by atoms with E-state index in [1.807, 2.05) is 17.4 Å². The first-order valence-electron chi connectivity index (χ1n) is 7.27. The van der Waals surface area contributed by atoms with Crippen molar-refractivity contribution in [2.75, 3.05) is 7.05 Å². The number of halogens is 1.